The van der Waals surface area contributed by atoms with Gasteiger partial charge in [-0.3, -0.25) is 4.79 Å². The first-order chi connectivity index (χ1) is 11.1. The van der Waals surface area contributed by atoms with Crippen molar-refractivity contribution in [1.29, 1.82) is 0 Å². The summed E-state index contributed by atoms with van der Waals surface area (Å²) in [7, 11) is 0. The number of halogens is 2. The topological polar surface area (TPSA) is 47.3 Å². The molecule has 3 aromatic rings. The Balaban J connectivity index is 1.71. The lowest BCUT2D eigenvalue weighted by Crippen LogP contribution is -2.15. The maximum atomic E-state index is 12.1. The van der Waals surface area contributed by atoms with Gasteiger partial charge in [-0.05, 0) is 24.1 Å². The van der Waals surface area contributed by atoms with Crippen LogP contribution < -0.4 is 5.56 Å². The number of nitrogens with zero attached hydrogens (tertiary/aromatic N) is 3. The molecule has 8 heteroatoms. The van der Waals surface area contributed by atoms with Gasteiger partial charge in [0.05, 0.1) is 15.7 Å². The minimum Gasteiger partial charge on any atom is -0.267 e. The summed E-state index contributed by atoms with van der Waals surface area (Å²) in [4.78, 5) is 17.2. The standard InChI is InChI=1S/C15H13Cl2N3OS2/c1-2-13-19-20-14(21)6-10(18-15(20)23-13)8-22-7-9-3-4-11(16)12(17)5-9/h3-6H,2,7-8H2,1H3. The second-order valence-corrected chi connectivity index (χ2v) is 7.71. The van der Waals surface area contributed by atoms with Crippen LogP contribution >= 0.6 is 46.3 Å². The van der Waals surface area contributed by atoms with E-state index in [0.29, 0.717) is 20.8 Å². The van der Waals surface area contributed by atoms with Crippen molar-refractivity contribution in [2.45, 2.75) is 24.9 Å². The molecule has 0 aliphatic heterocycles. The zero-order chi connectivity index (χ0) is 16.4. The van der Waals surface area contributed by atoms with Crippen LogP contribution in [0.5, 0.6) is 0 Å². The third kappa shape index (κ3) is 3.88. The Hall–Kier alpha value is -1.08. The van der Waals surface area contributed by atoms with Crippen LogP contribution in [0.4, 0.5) is 0 Å². The summed E-state index contributed by atoms with van der Waals surface area (Å²) in [5.74, 6) is 1.44. The molecule has 0 bridgehead atoms. The van der Waals surface area contributed by atoms with Crippen LogP contribution in [0.2, 0.25) is 10.0 Å². The first-order valence-corrected chi connectivity index (χ1v) is 9.70. The van der Waals surface area contributed by atoms with Crippen LogP contribution in [0.25, 0.3) is 4.96 Å². The molecule has 2 heterocycles. The molecule has 0 radical (unpaired) electrons. The zero-order valence-electron chi connectivity index (χ0n) is 12.3. The monoisotopic (exact) mass is 385 g/mol. The van der Waals surface area contributed by atoms with Gasteiger partial charge >= 0.3 is 0 Å². The van der Waals surface area contributed by atoms with Gasteiger partial charge in [0.15, 0.2) is 0 Å². The van der Waals surface area contributed by atoms with Gasteiger partial charge in [0.1, 0.15) is 5.01 Å². The zero-order valence-corrected chi connectivity index (χ0v) is 15.4. The van der Waals surface area contributed by atoms with Gasteiger partial charge in [0, 0.05) is 17.6 Å². The first-order valence-electron chi connectivity index (χ1n) is 6.97. The number of hydrogen-bond acceptors (Lipinski definition) is 5. The lowest BCUT2D eigenvalue weighted by Gasteiger charge is -2.03. The average molecular weight is 386 g/mol. The molecule has 0 atom stereocenters. The van der Waals surface area contributed by atoms with E-state index in [2.05, 4.69) is 10.1 Å². The van der Waals surface area contributed by atoms with Crippen molar-refractivity contribution < 1.29 is 0 Å². The quantitative estimate of drug-likeness (QED) is 0.650. The lowest BCUT2D eigenvalue weighted by molar-refractivity contribution is 0.852. The Kier molecular flexibility index (Phi) is 5.26. The van der Waals surface area contributed by atoms with Crippen LogP contribution in [-0.4, -0.2) is 14.6 Å². The summed E-state index contributed by atoms with van der Waals surface area (Å²) in [5.41, 5.74) is 1.73. The smallest absolute Gasteiger partial charge is 0.267 e. The van der Waals surface area contributed by atoms with Crippen LogP contribution in [-0.2, 0) is 17.9 Å². The molecule has 2 aromatic heterocycles. The predicted octanol–water partition coefficient (Wildman–Crippen LogP) is 4.45. The van der Waals surface area contributed by atoms with E-state index >= 15 is 0 Å². The summed E-state index contributed by atoms with van der Waals surface area (Å²) >= 11 is 15.0. The van der Waals surface area contributed by atoms with E-state index in [9.17, 15) is 4.79 Å². The minimum atomic E-state index is -0.129. The summed E-state index contributed by atoms with van der Waals surface area (Å²) in [6, 6.07) is 7.15. The highest BCUT2D eigenvalue weighted by Crippen LogP contribution is 2.25. The van der Waals surface area contributed by atoms with Crippen LogP contribution in [0.1, 0.15) is 23.2 Å². The van der Waals surface area contributed by atoms with Crippen molar-refractivity contribution in [3.63, 3.8) is 0 Å². The number of aromatic nitrogens is 3. The van der Waals surface area contributed by atoms with E-state index < -0.39 is 0 Å². The lowest BCUT2D eigenvalue weighted by atomic mass is 10.2. The molecule has 0 saturated carbocycles. The Morgan fingerprint density at radius 3 is 2.78 bits per heavy atom. The average Bonchev–Trinajstić information content (AvgIpc) is 2.95. The Morgan fingerprint density at radius 1 is 1.22 bits per heavy atom. The molecule has 0 fully saturated rings. The number of aryl methyl sites for hydroxylation is 1. The molecule has 3 rings (SSSR count). The maximum absolute atomic E-state index is 12.1. The summed E-state index contributed by atoms with van der Waals surface area (Å²) in [5, 5.41) is 6.26. The van der Waals surface area contributed by atoms with Gasteiger partial charge in [-0.1, -0.05) is 47.5 Å². The van der Waals surface area contributed by atoms with Crippen LogP contribution in [0.15, 0.2) is 29.1 Å². The number of thioether (sulfide) groups is 1. The van der Waals surface area contributed by atoms with Gasteiger partial charge in [-0.15, -0.1) is 0 Å². The molecule has 0 saturated heterocycles. The fourth-order valence-corrected chi connectivity index (χ4v) is 4.07. The summed E-state index contributed by atoms with van der Waals surface area (Å²) in [6.45, 7) is 2.01. The summed E-state index contributed by atoms with van der Waals surface area (Å²) in [6.07, 6.45) is 0.800. The maximum Gasteiger partial charge on any atom is 0.275 e. The largest absolute Gasteiger partial charge is 0.275 e. The number of rotatable bonds is 5. The third-order valence-corrected chi connectivity index (χ3v) is 5.97. The van der Waals surface area contributed by atoms with Gasteiger partial charge in [-0.25, -0.2) is 4.98 Å². The number of hydrogen-bond donors (Lipinski definition) is 0. The number of benzene rings is 1. The SMILES string of the molecule is CCc1nn2c(=O)cc(CSCc3ccc(Cl)c(Cl)c3)nc2s1. The first kappa shape index (κ1) is 16.8. The van der Waals surface area contributed by atoms with Gasteiger partial charge < -0.3 is 0 Å². The molecule has 23 heavy (non-hydrogen) atoms. The Bertz CT molecular complexity index is 907. The second-order valence-electron chi connectivity index (χ2n) is 4.87. The molecule has 0 N–H and O–H groups in total. The molecule has 0 aliphatic carbocycles. The van der Waals surface area contributed by atoms with E-state index in [1.54, 1.807) is 23.9 Å². The molecule has 1 aromatic carbocycles. The van der Waals surface area contributed by atoms with Crippen molar-refractivity contribution in [2.24, 2.45) is 0 Å². The number of fused-ring (bicyclic) bond motifs is 1. The van der Waals surface area contributed by atoms with Crippen LogP contribution in [0.3, 0.4) is 0 Å². The van der Waals surface area contributed by atoms with Gasteiger partial charge in [0.2, 0.25) is 4.96 Å². The fourth-order valence-electron chi connectivity index (χ4n) is 2.02. The molecule has 0 aliphatic rings. The Labute approximate surface area is 151 Å². The van der Waals surface area contributed by atoms with Crippen molar-refractivity contribution >= 4 is 51.3 Å². The van der Waals surface area contributed by atoms with Crippen LogP contribution in [0, 0.1) is 0 Å². The molecular weight excluding hydrogens is 373 g/mol. The second kappa shape index (κ2) is 7.21. The van der Waals surface area contributed by atoms with E-state index in [1.807, 2.05) is 19.1 Å². The highest BCUT2D eigenvalue weighted by atomic mass is 35.5. The van der Waals surface area contributed by atoms with Crippen molar-refractivity contribution in [3.8, 4) is 0 Å². The highest BCUT2D eigenvalue weighted by Gasteiger charge is 2.08. The highest BCUT2D eigenvalue weighted by molar-refractivity contribution is 7.97. The van der Waals surface area contributed by atoms with Crippen molar-refractivity contribution in [3.05, 3.63) is 60.9 Å². The molecular formula is C15H13Cl2N3OS2. The normalized spacial score (nSPS) is 11.3. The molecule has 4 nitrogen and oxygen atoms in total. The molecule has 0 unspecified atom stereocenters. The summed E-state index contributed by atoms with van der Waals surface area (Å²) < 4.78 is 1.37. The van der Waals surface area contributed by atoms with Crippen molar-refractivity contribution in [2.75, 3.05) is 0 Å². The third-order valence-electron chi connectivity index (χ3n) is 3.15. The van der Waals surface area contributed by atoms with Crippen molar-refractivity contribution in [1.82, 2.24) is 14.6 Å². The Morgan fingerprint density at radius 2 is 2.04 bits per heavy atom. The van der Waals surface area contributed by atoms with E-state index in [1.165, 1.54) is 15.9 Å². The predicted molar refractivity (Wildman–Crippen MR) is 98.0 cm³/mol. The van der Waals surface area contributed by atoms with Gasteiger partial charge in [0.25, 0.3) is 5.56 Å². The molecule has 120 valence electrons. The van der Waals surface area contributed by atoms with E-state index in [0.717, 1.165) is 28.4 Å². The van der Waals surface area contributed by atoms with E-state index in [4.69, 9.17) is 23.2 Å². The van der Waals surface area contributed by atoms with Gasteiger partial charge in [-0.2, -0.15) is 21.4 Å². The minimum absolute atomic E-state index is 0.129. The molecule has 0 amide bonds. The molecule has 0 spiro atoms. The van der Waals surface area contributed by atoms with E-state index in [-0.39, 0.29) is 5.56 Å². The fraction of sp³-hybridized carbons (Fsp3) is 0.267.